The van der Waals surface area contributed by atoms with Crippen LogP contribution in [0, 0.1) is 17.8 Å². The first-order valence-electron chi connectivity index (χ1n) is 7.30. The van der Waals surface area contributed by atoms with Gasteiger partial charge in [-0.15, -0.1) is 0 Å². The van der Waals surface area contributed by atoms with E-state index in [-0.39, 0.29) is 12.0 Å². The number of carbonyl (C=O) groups is 1. The second kappa shape index (κ2) is 8.05. The van der Waals surface area contributed by atoms with E-state index in [9.17, 15) is 9.90 Å². The van der Waals surface area contributed by atoms with Gasteiger partial charge in [-0.05, 0) is 30.7 Å². The molecule has 0 aliphatic rings. The molecule has 1 N–H and O–H groups in total. The maximum Gasteiger partial charge on any atom is 0.308 e. The van der Waals surface area contributed by atoms with Crippen LogP contribution in [0.25, 0.3) is 0 Å². The summed E-state index contributed by atoms with van der Waals surface area (Å²) in [7, 11) is 0. The van der Waals surface area contributed by atoms with Crippen molar-refractivity contribution in [2.45, 2.75) is 46.8 Å². The summed E-state index contributed by atoms with van der Waals surface area (Å²) in [5.74, 6) is -0.523. The molecule has 0 saturated heterocycles. The van der Waals surface area contributed by atoms with Crippen molar-refractivity contribution in [2.24, 2.45) is 17.8 Å². The van der Waals surface area contributed by atoms with Gasteiger partial charge >= 0.3 is 5.97 Å². The third kappa shape index (κ3) is 5.33. The van der Waals surface area contributed by atoms with E-state index in [4.69, 9.17) is 4.74 Å². The number of rotatable bonds is 8. The van der Waals surface area contributed by atoms with Gasteiger partial charge in [-0.25, -0.2) is 0 Å². The molecule has 0 amide bonds. The topological polar surface area (TPSA) is 46.5 Å². The van der Waals surface area contributed by atoms with Gasteiger partial charge in [0.05, 0.1) is 18.6 Å². The highest BCUT2D eigenvalue weighted by molar-refractivity contribution is 5.70. The molecule has 1 aromatic rings. The van der Waals surface area contributed by atoms with Crippen LogP contribution < -0.4 is 0 Å². The van der Waals surface area contributed by atoms with Crippen molar-refractivity contribution >= 4 is 5.97 Å². The van der Waals surface area contributed by atoms with Crippen molar-refractivity contribution in [2.75, 3.05) is 0 Å². The monoisotopic (exact) mass is 278 g/mol. The van der Waals surface area contributed by atoms with E-state index in [1.807, 2.05) is 30.3 Å². The SMILES string of the molecule is CC(C)C[C@@H](C)[C@@H](OCc1ccccc1)[C@@H](C)C(=O)O. The molecule has 3 nitrogen and oxygen atoms in total. The first-order chi connectivity index (χ1) is 9.41. The summed E-state index contributed by atoms with van der Waals surface area (Å²) in [6.45, 7) is 8.57. The lowest BCUT2D eigenvalue weighted by Crippen LogP contribution is -2.34. The van der Waals surface area contributed by atoms with Gasteiger partial charge in [0.2, 0.25) is 0 Å². The molecule has 0 radical (unpaired) electrons. The first-order valence-corrected chi connectivity index (χ1v) is 7.30. The Balaban J connectivity index is 2.69. The number of benzene rings is 1. The van der Waals surface area contributed by atoms with Gasteiger partial charge in [-0.2, -0.15) is 0 Å². The van der Waals surface area contributed by atoms with Crippen LogP contribution in [0.4, 0.5) is 0 Å². The fourth-order valence-corrected chi connectivity index (χ4v) is 2.59. The molecule has 0 aromatic heterocycles. The Bertz CT molecular complexity index is 400. The summed E-state index contributed by atoms with van der Waals surface area (Å²) >= 11 is 0. The van der Waals surface area contributed by atoms with E-state index in [1.165, 1.54) is 0 Å². The summed E-state index contributed by atoms with van der Waals surface area (Å²) < 4.78 is 5.93. The molecular formula is C17H26O3. The van der Waals surface area contributed by atoms with Gasteiger partial charge in [0.15, 0.2) is 0 Å². The minimum Gasteiger partial charge on any atom is -0.481 e. The van der Waals surface area contributed by atoms with E-state index in [1.54, 1.807) is 6.92 Å². The Labute approximate surface area is 122 Å². The van der Waals surface area contributed by atoms with Crippen LogP contribution in [0.15, 0.2) is 30.3 Å². The predicted molar refractivity (Wildman–Crippen MR) is 80.4 cm³/mol. The van der Waals surface area contributed by atoms with Crippen LogP contribution in [0.2, 0.25) is 0 Å². The Morgan fingerprint density at radius 3 is 2.25 bits per heavy atom. The van der Waals surface area contributed by atoms with Crippen LogP contribution in [-0.2, 0) is 16.1 Å². The summed E-state index contributed by atoms with van der Waals surface area (Å²) in [5, 5.41) is 9.25. The van der Waals surface area contributed by atoms with Gasteiger partial charge in [0.25, 0.3) is 0 Å². The molecule has 20 heavy (non-hydrogen) atoms. The maximum atomic E-state index is 11.3. The third-order valence-electron chi connectivity index (χ3n) is 3.57. The van der Waals surface area contributed by atoms with E-state index in [2.05, 4.69) is 20.8 Å². The van der Waals surface area contributed by atoms with Crippen molar-refractivity contribution in [3.05, 3.63) is 35.9 Å². The zero-order chi connectivity index (χ0) is 15.1. The van der Waals surface area contributed by atoms with E-state index < -0.39 is 11.9 Å². The number of carboxylic acids is 1. The number of carboxylic acid groups (broad SMARTS) is 1. The second-order valence-corrected chi connectivity index (χ2v) is 5.99. The van der Waals surface area contributed by atoms with E-state index in [0.29, 0.717) is 12.5 Å². The molecule has 0 aliphatic carbocycles. The summed E-state index contributed by atoms with van der Waals surface area (Å²) in [6, 6.07) is 9.88. The van der Waals surface area contributed by atoms with Crippen LogP contribution in [0.5, 0.6) is 0 Å². The maximum absolute atomic E-state index is 11.3. The highest BCUT2D eigenvalue weighted by Crippen LogP contribution is 2.24. The average Bonchev–Trinajstić information content (AvgIpc) is 2.39. The predicted octanol–water partition coefficient (Wildman–Crippen LogP) is 3.97. The molecule has 1 rings (SSSR count). The zero-order valence-corrected chi connectivity index (χ0v) is 12.9. The average molecular weight is 278 g/mol. The smallest absolute Gasteiger partial charge is 0.308 e. The molecule has 3 heteroatoms. The Morgan fingerprint density at radius 2 is 1.75 bits per heavy atom. The zero-order valence-electron chi connectivity index (χ0n) is 12.9. The molecule has 0 aliphatic heterocycles. The third-order valence-corrected chi connectivity index (χ3v) is 3.57. The van der Waals surface area contributed by atoms with Crippen LogP contribution in [0.1, 0.15) is 39.7 Å². The number of hydrogen-bond acceptors (Lipinski definition) is 2. The Kier molecular flexibility index (Phi) is 6.73. The summed E-state index contributed by atoms with van der Waals surface area (Å²) in [4.78, 5) is 11.3. The van der Waals surface area contributed by atoms with Gasteiger partial charge in [0, 0.05) is 0 Å². The van der Waals surface area contributed by atoms with Crippen LogP contribution >= 0.6 is 0 Å². The fourth-order valence-electron chi connectivity index (χ4n) is 2.59. The number of hydrogen-bond donors (Lipinski definition) is 1. The fraction of sp³-hybridized carbons (Fsp3) is 0.588. The first kappa shape index (κ1) is 16.7. The Hall–Kier alpha value is -1.35. The van der Waals surface area contributed by atoms with Crippen molar-refractivity contribution in [3.8, 4) is 0 Å². The van der Waals surface area contributed by atoms with Crippen molar-refractivity contribution in [1.29, 1.82) is 0 Å². The van der Waals surface area contributed by atoms with Crippen LogP contribution in [-0.4, -0.2) is 17.2 Å². The minimum atomic E-state index is -0.793. The molecule has 0 heterocycles. The molecular weight excluding hydrogens is 252 g/mol. The van der Waals surface area contributed by atoms with E-state index >= 15 is 0 Å². The lowest BCUT2D eigenvalue weighted by Gasteiger charge is -2.28. The lowest BCUT2D eigenvalue weighted by molar-refractivity contribution is -0.149. The van der Waals surface area contributed by atoms with Gasteiger partial charge in [-0.1, -0.05) is 51.1 Å². The Morgan fingerprint density at radius 1 is 1.15 bits per heavy atom. The van der Waals surface area contributed by atoms with Crippen molar-refractivity contribution in [1.82, 2.24) is 0 Å². The number of aliphatic carboxylic acids is 1. The molecule has 0 unspecified atom stereocenters. The van der Waals surface area contributed by atoms with Gasteiger partial charge in [-0.3, -0.25) is 4.79 Å². The highest BCUT2D eigenvalue weighted by atomic mass is 16.5. The van der Waals surface area contributed by atoms with Gasteiger partial charge < -0.3 is 9.84 Å². The number of ether oxygens (including phenoxy) is 1. The quantitative estimate of drug-likeness (QED) is 0.782. The van der Waals surface area contributed by atoms with Crippen molar-refractivity contribution in [3.63, 3.8) is 0 Å². The highest BCUT2D eigenvalue weighted by Gasteiger charge is 2.29. The summed E-state index contributed by atoms with van der Waals surface area (Å²) in [5.41, 5.74) is 1.08. The standard InChI is InChI=1S/C17H26O3/c1-12(2)10-13(3)16(14(4)17(18)19)20-11-15-8-6-5-7-9-15/h5-9,12-14,16H,10-11H2,1-4H3,(H,18,19)/t13-,14-,16-/m1/s1. The largest absolute Gasteiger partial charge is 0.481 e. The normalized spacial score (nSPS) is 15.8. The lowest BCUT2D eigenvalue weighted by atomic mass is 9.87. The van der Waals surface area contributed by atoms with Gasteiger partial charge in [0.1, 0.15) is 0 Å². The van der Waals surface area contributed by atoms with Crippen LogP contribution in [0.3, 0.4) is 0 Å². The summed E-state index contributed by atoms with van der Waals surface area (Å²) in [6.07, 6.45) is 0.715. The minimum absolute atomic E-state index is 0.227. The molecule has 0 spiro atoms. The molecule has 0 fully saturated rings. The molecule has 0 bridgehead atoms. The second-order valence-electron chi connectivity index (χ2n) is 5.99. The molecule has 112 valence electrons. The van der Waals surface area contributed by atoms with E-state index in [0.717, 1.165) is 12.0 Å². The molecule has 3 atom stereocenters. The molecule has 0 saturated carbocycles. The van der Waals surface area contributed by atoms with Crippen molar-refractivity contribution < 1.29 is 14.6 Å². The molecule has 1 aromatic carbocycles.